The van der Waals surface area contributed by atoms with Crippen molar-refractivity contribution in [1.82, 2.24) is 14.7 Å². The van der Waals surface area contributed by atoms with Gasteiger partial charge in [0.05, 0.1) is 11.3 Å². The first kappa shape index (κ1) is 22.1. The number of aromatic nitrogens is 2. The van der Waals surface area contributed by atoms with Gasteiger partial charge in [0.2, 0.25) is 5.43 Å². The van der Waals surface area contributed by atoms with Gasteiger partial charge in [0.25, 0.3) is 5.91 Å². The third-order valence-electron chi connectivity index (χ3n) is 5.69. The molecule has 1 fully saturated rings. The van der Waals surface area contributed by atoms with E-state index in [0.29, 0.717) is 0 Å². The zero-order valence-electron chi connectivity index (χ0n) is 17.2. The van der Waals surface area contributed by atoms with Gasteiger partial charge in [-0.25, -0.2) is 4.68 Å². The number of nitrogens with zero attached hydrogens (tertiary/aromatic N) is 3. The van der Waals surface area contributed by atoms with E-state index >= 15 is 0 Å². The molecule has 1 aliphatic rings. The van der Waals surface area contributed by atoms with Gasteiger partial charge in [0.1, 0.15) is 0 Å². The molecular formula is C22H26F3N3O2. The summed E-state index contributed by atoms with van der Waals surface area (Å²) in [6.07, 6.45) is 2.53. The van der Waals surface area contributed by atoms with Gasteiger partial charge in [0, 0.05) is 24.8 Å². The number of benzene rings is 1. The van der Waals surface area contributed by atoms with Crippen LogP contribution in [0.25, 0.3) is 5.69 Å². The molecule has 1 amide bonds. The second-order valence-corrected chi connectivity index (χ2v) is 7.84. The summed E-state index contributed by atoms with van der Waals surface area (Å²) in [5.74, 6) is -0.552. The van der Waals surface area contributed by atoms with E-state index in [-0.39, 0.29) is 23.1 Å². The van der Waals surface area contributed by atoms with Crippen molar-refractivity contribution in [2.75, 3.05) is 7.05 Å². The van der Waals surface area contributed by atoms with Crippen LogP contribution in [-0.4, -0.2) is 33.7 Å². The first-order chi connectivity index (χ1) is 14.2. The predicted octanol–water partition coefficient (Wildman–Crippen LogP) is 4.74. The van der Waals surface area contributed by atoms with Gasteiger partial charge in [-0.15, -0.1) is 0 Å². The summed E-state index contributed by atoms with van der Waals surface area (Å²) >= 11 is 0. The molecule has 1 saturated carbocycles. The molecule has 0 aliphatic heterocycles. The highest BCUT2D eigenvalue weighted by molar-refractivity contribution is 5.92. The van der Waals surface area contributed by atoms with Gasteiger partial charge in [-0.2, -0.15) is 18.3 Å². The summed E-state index contributed by atoms with van der Waals surface area (Å²) in [7, 11) is 1.64. The van der Waals surface area contributed by atoms with Crippen molar-refractivity contribution in [2.45, 2.75) is 64.1 Å². The third-order valence-corrected chi connectivity index (χ3v) is 5.69. The van der Waals surface area contributed by atoms with Crippen molar-refractivity contribution < 1.29 is 18.0 Å². The number of rotatable bonds is 3. The van der Waals surface area contributed by atoms with Crippen molar-refractivity contribution in [3.05, 3.63) is 57.5 Å². The number of halogens is 3. The summed E-state index contributed by atoms with van der Waals surface area (Å²) in [6, 6.07) is 6.15. The van der Waals surface area contributed by atoms with Crippen molar-refractivity contribution >= 4 is 5.91 Å². The van der Waals surface area contributed by atoms with Crippen LogP contribution in [0.3, 0.4) is 0 Å². The van der Waals surface area contributed by atoms with E-state index in [2.05, 4.69) is 5.10 Å². The van der Waals surface area contributed by atoms with Gasteiger partial charge in [-0.1, -0.05) is 44.2 Å². The summed E-state index contributed by atoms with van der Waals surface area (Å²) in [6.45, 7) is 1.49. The van der Waals surface area contributed by atoms with Crippen LogP contribution in [0.4, 0.5) is 13.2 Å². The van der Waals surface area contributed by atoms with Gasteiger partial charge >= 0.3 is 6.18 Å². The Morgan fingerprint density at radius 2 is 1.70 bits per heavy atom. The van der Waals surface area contributed by atoms with E-state index in [9.17, 15) is 22.8 Å². The lowest BCUT2D eigenvalue weighted by atomic mass is 9.95. The normalized spacial score (nSPS) is 16.0. The molecule has 0 saturated heterocycles. The molecule has 30 heavy (non-hydrogen) atoms. The first-order valence-corrected chi connectivity index (χ1v) is 10.2. The maximum absolute atomic E-state index is 13.5. The maximum Gasteiger partial charge on any atom is 0.418 e. The molecule has 0 bridgehead atoms. The van der Waals surface area contributed by atoms with Gasteiger partial charge in [-0.05, 0) is 31.9 Å². The fourth-order valence-electron chi connectivity index (χ4n) is 3.99. The number of carbonyl (C=O) groups is 1. The number of alkyl halides is 3. The molecule has 1 aromatic heterocycles. The van der Waals surface area contributed by atoms with Crippen molar-refractivity contribution in [3.63, 3.8) is 0 Å². The molecule has 0 radical (unpaired) electrons. The Balaban J connectivity index is 2.00. The Morgan fingerprint density at radius 1 is 1.10 bits per heavy atom. The third kappa shape index (κ3) is 4.74. The Labute approximate surface area is 173 Å². The topological polar surface area (TPSA) is 55.2 Å². The Hall–Kier alpha value is -2.64. The quantitative estimate of drug-likeness (QED) is 0.719. The van der Waals surface area contributed by atoms with Crippen LogP contribution in [0, 0.1) is 6.92 Å². The highest BCUT2D eigenvalue weighted by atomic mass is 19.4. The monoisotopic (exact) mass is 421 g/mol. The average Bonchev–Trinajstić information content (AvgIpc) is 2.66. The highest BCUT2D eigenvalue weighted by Gasteiger charge is 2.34. The fourth-order valence-corrected chi connectivity index (χ4v) is 3.99. The fraction of sp³-hybridized carbons (Fsp3) is 0.500. The van der Waals surface area contributed by atoms with Crippen LogP contribution in [0.5, 0.6) is 0 Å². The van der Waals surface area contributed by atoms with Gasteiger partial charge in [0.15, 0.2) is 5.69 Å². The minimum atomic E-state index is -4.59. The predicted molar refractivity (Wildman–Crippen MR) is 108 cm³/mol. The molecule has 1 aromatic carbocycles. The van der Waals surface area contributed by atoms with Crippen LogP contribution in [0.15, 0.2) is 35.1 Å². The minimum absolute atomic E-state index is 0.00351. The van der Waals surface area contributed by atoms with E-state index < -0.39 is 23.1 Å². The molecule has 0 unspecified atom stereocenters. The lowest BCUT2D eigenvalue weighted by molar-refractivity contribution is -0.137. The zero-order valence-corrected chi connectivity index (χ0v) is 17.2. The van der Waals surface area contributed by atoms with E-state index in [0.717, 1.165) is 49.3 Å². The molecule has 0 spiro atoms. The van der Waals surface area contributed by atoms with Crippen LogP contribution >= 0.6 is 0 Å². The van der Waals surface area contributed by atoms with Crippen molar-refractivity contribution in [3.8, 4) is 5.69 Å². The molecule has 5 nitrogen and oxygen atoms in total. The second kappa shape index (κ2) is 9.02. The van der Waals surface area contributed by atoms with Crippen molar-refractivity contribution in [2.24, 2.45) is 0 Å². The lowest BCUT2D eigenvalue weighted by Gasteiger charge is -2.29. The summed E-state index contributed by atoms with van der Waals surface area (Å²) < 4.78 is 41.4. The zero-order chi connectivity index (χ0) is 21.9. The number of hydrogen-bond acceptors (Lipinski definition) is 3. The standard InChI is InChI=1S/C22H26F3N3O2/c1-15-14-19(29)20(21(30)27(2)16-10-6-4-3-5-7-11-16)26-28(15)18-13-9-8-12-17(18)22(23,24)25/h8-9,12-14,16H,3-7,10-11H2,1-2H3. The van der Waals surface area contributed by atoms with Gasteiger partial charge < -0.3 is 4.90 Å². The Kier molecular flexibility index (Phi) is 6.63. The minimum Gasteiger partial charge on any atom is -0.337 e. The summed E-state index contributed by atoms with van der Waals surface area (Å²) in [4.78, 5) is 27.1. The first-order valence-electron chi connectivity index (χ1n) is 10.2. The number of carbonyl (C=O) groups excluding carboxylic acids is 1. The lowest BCUT2D eigenvalue weighted by Crippen LogP contribution is -2.40. The maximum atomic E-state index is 13.5. The van der Waals surface area contributed by atoms with Gasteiger partial charge in [-0.3, -0.25) is 9.59 Å². The van der Waals surface area contributed by atoms with Crippen LogP contribution in [0.1, 0.15) is 66.7 Å². The second-order valence-electron chi connectivity index (χ2n) is 7.84. The number of para-hydroxylation sites is 1. The van der Waals surface area contributed by atoms with Crippen LogP contribution in [-0.2, 0) is 6.18 Å². The SMILES string of the molecule is Cc1cc(=O)c(C(=O)N(C)C2CCCCCCC2)nn1-c1ccccc1C(F)(F)F. The Morgan fingerprint density at radius 3 is 2.33 bits per heavy atom. The number of amides is 1. The Bertz CT molecular complexity index is 961. The molecule has 0 atom stereocenters. The smallest absolute Gasteiger partial charge is 0.337 e. The number of aryl methyl sites for hydroxylation is 1. The average molecular weight is 421 g/mol. The van der Waals surface area contributed by atoms with Crippen LogP contribution < -0.4 is 5.43 Å². The highest BCUT2D eigenvalue weighted by Crippen LogP contribution is 2.33. The number of hydrogen-bond donors (Lipinski definition) is 0. The molecule has 1 aliphatic carbocycles. The summed E-state index contributed by atoms with van der Waals surface area (Å²) in [5.41, 5.74) is -1.82. The van der Waals surface area contributed by atoms with Crippen molar-refractivity contribution in [1.29, 1.82) is 0 Å². The summed E-state index contributed by atoms with van der Waals surface area (Å²) in [5, 5.41) is 4.09. The van der Waals surface area contributed by atoms with E-state index in [1.54, 1.807) is 7.05 Å². The molecule has 1 heterocycles. The molecule has 162 valence electrons. The van der Waals surface area contributed by atoms with E-state index in [1.165, 1.54) is 42.5 Å². The van der Waals surface area contributed by atoms with E-state index in [1.807, 2.05) is 0 Å². The molecular weight excluding hydrogens is 395 g/mol. The molecule has 2 aromatic rings. The molecule has 0 N–H and O–H groups in total. The van der Waals surface area contributed by atoms with E-state index in [4.69, 9.17) is 0 Å². The molecule has 3 rings (SSSR count). The largest absolute Gasteiger partial charge is 0.418 e. The molecule has 8 heteroatoms. The van der Waals surface area contributed by atoms with Crippen LogP contribution in [0.2, 0.25) is 0 Å².